The Morgan fingerprint density at radius 3 is 2.44 bits per heavy atom. The number of fused-ring (bicyclic) bond motifs is 1. The van der Waals surface area contributed by atoms with Crippen molar-refractivity contribution in [3.05, 3.63) is 90.4 Å². The van der Waals surface area contributed by atoms with E-state index in [1.165, 1.54) is 0 Å². The first-order valence-corrected chi connectivity index (χ1v) is 8.63. The highest BCUT2D eigenvalue weighted by molar-refractivity contribution is 5.86. The van der Waals surface area contributed by atoms with Crippen molar-refractivity contribution in [3.8, 4) is 11.5 Å². The van der Waals surface area contributed by atoms with Gasteiger partial charge in [-0.3, -0.25) is 9.97 Å². The van der Waals surface area contributed by atoms with E-state index in [1.807, 2.05) is 60.7 Å². The fourth-order valence-corrected chi connectivity index (χ4v) is 3.13. The number of hydrogen-bond donors (Lipinski definition) is 2. The van der Waals surface area contributed by atoms with E-state index in [2.05, 4.69) is 15.3 Å². The summed E-state index contributed by atoms with van der Waals surface area (Å²) in [6.07, 6.45) is 5.17. The first kappa shape index (κ1) is 16.8. The predicted molar refractivity (Wildman–Crippen MR) is 106 cm³/mol. The number of hydrogen-bond acceptors (Lipinski definition) is 5. The summed E-state index contributed by atoms with van der Waals surface area (Å²) in [6, 6.07) is 19.0. The average Bonchev–Trinajstić information content (AvgIpc) is 2.74. The maximum absolute atomic E-state index is 10.9. The molecular formula is C22H19N3O2. The number of benzene rings is 2. The third-order valence-corrected chi connectivity index (χ3v) is 4.53. The zero-order valence-corrected chi connectivity index (χ0v) is 14.8. The predicted octanol–water partition coefficient (Wildman–Crippen LogP) is 4.55. The fraction of sp³-hybridized carbons (Fsp3) is 0.0909. The van der Waals surface area contributed by atoms with E-state index >= 15 is 0 Å². The van der Waals surface area contributed by atoms with Crippen LogP contribution in [0.1, 0.15) is 17.2 Å². The fourth-order valence-electron chi connectivity index (χ4n) is 3.13. The molecule has 0 unspecified atom stereocenters. The SMILES string of the molecule is COc1ccc(N[C@@H](c2ccncc2)c2ccc3cccnc3c2O)cc1. The van der Waals surface area contributed by atoms with Gasteiger partial charge in [-0.15, -0.1) is 0 Å². The highest BCUT2D eigenvalue weighted by Gasteiger charge is 2.20. The zero-order valence-electron chi connectivity index (χ0n) is 14.8. The topological polar surface area (TPSA) is 67.3 Å². The Morgan fingerprint density at radius 2 is 1.70 bits per heavy atom. The van der Waals surface area contributed by atoms with Crippen LogP contribution in [0.15, 0.2) is 79.3 Å². The standard InChI is InChI=1S/C22H19N3O2/c1-27-18-7-5-17(6-8-18)25-20(16-10-13-23-14-11-16)19-9-4-15-3-2-12-24-21(15)22(19)26/h2-14,20,25-26H,1H3/t20-/m0/s1. The Balaban J connectivity index is 1.79. The molecule has 0 fully saturated rings. The Bertz CT molecular complexity index is 1050. The van der Waals surface area contributed by atoms with Gasteiger partial charge in [0.2, 0.25) is 0 Å². The van der Waals surface area contributed by atoms with E-state index in [4.69, 9.17) is 4.74 Å². The molecule has 0 radical (unpaired) electrons. The van der Waals surface area contributed by atoms with Crippen molar-refractivity contribution >= 4 is 16.6 Å². The van der Waals surface area contributed by atoms with Gasteiger partial charge in [-0.1, -0.05) is 18.2 Å². The zero-order chi connectivity index (χ0) is 18.6. The Labute approximate surface area is 157 Å². The van der Waals surface area contributed by atoms with Crippen molar-refractivity contribution < 1.29 is 9.84 Å². The minimum atomic E-state index is -0.257. The highest BCUT2D eigenvalue weighted by atomic mass is 16.5. The average molecular weight is 357 g/mol. The van der Waals surface area contributed by atoms with Crippen LogP contribution in [0.5, 0.6) is 11.5 Å². The molecule has 134 valence electrons. The van der Waals surface area contributed by atoms with Crippen LogP contribution in [0.3, 0.4) is 0 Å². The van der Waals surface area contributed by atoms with Crippen LogP contribution in [-0.2, 0) is 0 Å². The first-order valence-electron chi connectivity index (χ1n) is 8.63. The van der Waals surface area contributed by atoms with Crippen LogP contribution >= 0.6 is 0 Å². The maximum atomic E-state index is 10.9. The molecule has 2 N–H and O–H groups in total. The Kier molecular flexibility index (Phi) is 4.58. The number of rotatable bonds is 5. The summed E-state index contributed by atoms with van der Waals surface area (Å²) in [6.45, 7) is 0. The van der Waals surface area contributed by atoms with Crippen LogP contribution in [0, 0.1) is 0 Å². The second-order valence-corrected chi connectivity index (χ2v) is 6.16. The molecule has 2 aromatic heterocycles. The number of aromatic nitrogens is 2. The van der Waals surface area contributed by atoms with Gasteiger partial charge < -0.3 is 15.2 Å². The molecule has 2 heterocycles. The molecule has 0 spiro atoms. The second-order valence-electron chi connectivity index (χ2n) is 6.16. The molecule has 5 heteroatoms. The van der Waals surface area contributed by atoms with E-state index in [0.717, 1.165) is 28.0 Å². The van der Waals surface area contributed by atoms with Gasteiger partial charge in [0.25, 0.3) is 0 Å². The number of aromatic hydroxyl groups is 1. The van der Waals surface area contributed by atoms with Gasteiger partial charge in [0.05, 0.1) is 13.2 Å². The number of methoxy groups -OCH3 is 1. The van der Waals surface area contributed by atoms with Crippen LogP contribution in [-0.4, -0.2) is 22.2 Å². The summed E-state index contributed by atoms with van der Waals surface area (Å²) in [5, 5.41) is 15.3. The third kappa shape index (κ3) is 3.40. The van der Waals surface area contributed by atoms with E-state index in [9.17, 15) is 5.11 Å². The molecule has 5 nitrogen and oxygen atoms in total. The van der Waals surface area contributed by atoms with Crippen molar-refractivity contribution in [2.75, 3.05) is 12.4 Å². The summed E-state index contributed by atoms with van der Waals surface area (Å²) in [7, 11) is 1.64. The normalized spacial score (nSPS) is 11.9. The summed E-state index contributed by atoms with van der Waals surface area (Å²) >= 11 is 0. The van der Waals surface area contributed by atoms with E-state index < -0.39 is 0 Å². The number of nitrogens with one attached hydrogen (secondary N) is 1. The lowest BCUT2D eigenvalue weighted by atomic mass is 9.96. The highest BCUT2D eigenvalue weighted by Crippen LogP contribution is 2.36. The van der Waals surface area contributed by atoms with Gasteiger partial charge in [0.1, 0.15) is 17.0 Å². The van der Waals surface area contributed by atoms with Gasteiger partial charge in [0.15, 0.2) is 0 Å². The molecule has 4 aromatic rings. The largest absolute Gasteiger partial charge is 0.505 e. The molecule has 0 bridgehead atoms. The Hall–Kier alpha value is -3.60. The van der Waals surface area contributed by atoms with Gasteiger partial charge in [0, 0.05) is 35.2 Å². The molecule has 0 saturated heterocycles. The first-order chi connectivity index (χ1) is 13.3. The summed E-state index contributed by atoms with van der Waals surface area (Å²) < 4.78 is 5.23. The molecule has 0 aliphatic carbocycles. The van der Waals surface area contributed by atoms with E-state index in [-0.39, 0.29) is 11.8 Å². The van der Waals surface area contributed by atoms with Gasteiger partial charge >= 0.3 is 0 Å². The molecule has 0 amide bonds. The van der Waals surface area contributed by atoms with Crippen molar-refractivity contribution in [2.24, 2.45) is 0 Å². The number of phenols is 1. The lowest BCUT2D eigenvalue weighted by Crippen LogP contribution is -2.13. The number of phenolic OH excluding ortho intramolecular Hbond substituents is 1. The minimum Gasteiger partial charge on any atom is -0.505 e. The third-order valence-electron chi connectivity index (χ3n) is 4.53. The molecule has 0 saturated carbocycles. The summed E-state index contributed by atoms with van der Waals surface area (Å²) in [4.78, 5) is 8.44. The quantitative estimate of drug-likeness (QED) is 0.549. The van der Waals surface area contributed by atoms with Crippen LogP contribution in [0.2, 0.25) is 0 Å². The summed E-state index contributed by atoms with van der Waals surface area (Å²) in [5.41, 5.74) is 3.25. The van der Waals surface area contributed by atoms with Crippen molar-refractivity contribution in [1.82, 2.24) is 9.97 Å². The second kappa shape index (κ2) is 7.33. The number of ether oxygens (including phenoxy) is 1. The lowest BCUT2D eigenvalue weighted by molar-refractivity contribution is 0.415. The van der Waals surface area contributed by atoms with Crippen molar-refractivity contribution in [2.45, 2.75) is 6.04 Å². The van der Waals surface area contributed by atoms with Gasteiger partial charge in [-0.25, -0.2) is 0 Å². The molecule has 4 rings (SSSR count). The number of pyridine rings is 2. The molecule has 0 aliphatic rings. The van der Waals surface area contributed by atoms with Crippen LogP contribution in [0.25, 0.3) is 10.9 Å². The van der Waals surface area contributed by atoms with E-state index in [1.54, 1.807) is 25.7 Å². The molecular weight excluding hydrogens is 338 g/mol. The number of nitrogens with zero attached hydrogens (tertiary/aromatic N) is 2. The van der Waals surface area contributed by atoms with Gasteiger partial charge in [-0.05, 0) is 48.0 Å². The van der Waals surface area contributed by atoms with E-state index in [0.29, 0.717) is 5.52 Å². The van der Waals surface area contributed by atoms with Crippen molar-refractivity contribution in [3.63, 3.8) is 0 Å². The molecule has 0 aliphatic heterocycles. The van der Waals surface area contributed by atoms with Crippen LogP contribution < -0.4 is 10.1 Å². The van der Waals surface area contributed by atoms with Crippen molar-refractivity contribution in [1.29, 1.82) is 0 Å². The Morgan fingerprint density at radius 1 is 0.926 bits per heavy atom. The molecule has 2 aromatic carbocycles. The maximum Gasteiger partial charge on any atom is 0.147 e. The number of anilines is 1. The minimum absolute atomic E-state index is 0.177. The smallest absolute Gasteiger partial charge is 0.147 e. The summed E-state index contributed by atoms with van der Waals surface area (Å²) in [5.74, 6) is 0.967. The lowest BCUT2D eigenvalue weighted by Gasteiger charge is -2.22. The van der Waals surface area contributed by atoms with Crippen LogP contribution in [0.4, 0.5) is 5.69 Å². The van der Waals surface area contributed by atoms with Gasteiger partial charge in [-0.2, -0.15) is 0 Å². The molecule has 27 heavy (non-hydrogen) atoms. The molecule has 1 atom stereocenters. The monoisotopic (exact) mass is 357 g/mol.